The maximum atomic E-state index is 14.5. The number of rotatable bonds is 14. The van der Waals surface area contributed by atoms with Gasteiger partial charge >= 0.3 is 29.1 Å². The summed E-state index contributed by atoms with van der Waals surface area (Å²) in [7, 11) is 0. The molecule has 0 aliphatic carbocycles. The Morgan fingerprint density at radius 3 is 0.976 bits per heavy atom. The van der Waals surface area contributed by atoms with Gasteiger partial charge in [-0.2, -0.15) is 36.3 Å². The zero-order valence-corrected chi connectivity index (χ0v) is 63.9. The van der Waals surface area contributed by atoms with Gasteiger partial charge in [-0.15, -0.1) is 12.4 Å². The maximum Gasteiger partial charge on any atom is 0.351 e. The van der Waals surface area contributed by atoms with Crippen LogP contribution in [-0.2, 0) is 66.8 Å². The third-order valence-electron chi connectivity index (χ3n) is 20.1. The average molecular weight is 1800 g/mol. The van der Waals surface area contributed by atoms with E-state index in [0.29, 0.717) is 39.2 Å². The fourth-order valence-electron chi connectivity index (χ4n) is 13.2. The van der Waals surface area contributed by atoms with Crippen molar-refractivity contribution >= 4 is 76.7 Å². The highest BCUT2D eigenvalue weighted by atomic mass is 35.5. The van der Waals surface area contributed by atoms with Crippen LogP contribution in [-0.4, -0.2) is 245 Å². The topological polar surface area (TPSA) is 431 Å². The van der Waals surface area contributed by atoms with Crippen LogP contribution in [0.15, 0.2) is 114 Å². The van der Waals surface area contributed by atoms with Crippen LogP contribution in [0.25, 0.3) is 0 Å². The molecule has 10 aliphatic rings. The van der Waals surface area contributed by atoms with Gasteiger partial charge in [-0.05, 0) is 74.3 Å². The Balaban J connectivity index is 0.000000734. The Labute approximate surface area is 707 Å². The molecule has 1 aromatic carbocycles. The number of alkyl halides is 12. The van der Waals surface area contributed by atoms with Gasteiger partial charge in [-0.25, -0.2) is 35.9 Å². The highest BCUT2D eigenvalue weighted by molar-refractivity contribution is 6.08. The molecule has 0 unspecified atom stereocenters. The van der Waals surface area contributed by atoms with Crippen molar-refractivity contribution in [3.05, 3.63) is 130 Å². The number of allylic oxidation sites excluding steroid dienone is 4. The van der Waals surface area contributed by atoms with Crippen molar-refractivity contribution in [1.29, 1.82) is 0 Å². The van der Waals surface area contributed by atoms with Crippen molar-refractivity contribution in [2.45, 2.75) is 272 Å². The van der Waals surface area contributed by atoms with Crippen molar-refractivity contribution in [3.63, 3.8) is 0 Å². The molecule has 5 amide bonds. The first-order chi connectivity index (χ1) is 54.2. The Hall–Kier alpha value is -9.22. The summed E-state index contributed by atoms with van der Waals surface area (Å²) in [5.41, 5.74) is 3.69. The molecule has 0 radical (unpaired) electrons. The summed E-state index contributed by atoms with van der Waals surface area (Å²) in [5.74, 6) is -28.4. The van der Waals surface area contributed by atoms with Gasteiger partial charge in [-0.1, -0.05) is 111 Å². The number of amides is 5. The second kappa shape index (κ2) is 45.1. The number of aromatic nitrogens is 4. The predicted octanol–water partition coefficient (Wildman–Crippen LogP) is 8.89. The molecule has 0 spiro atoms. The third kappa shape index (κ3) is 23.9. The van der Waals surface area contributed by atoms with E-state index in [9.17, 15) is 121 Å². The molecule has 123 heavy (non-hydrogen) atoms. The lowest BCUT2D eigenvalue weighted by Crippen LogP contribution is -2.50. The quantitative estimate of drug-likeness (QED) is 0.0585. The van der Waals surface area contributed by atoms with Gasteiger partial charge < -0.3 is 65.0 Å². The molecular formula is C78H109ClF12N10O22. The standard InChI is InChI=1S/C18H19F2N3O3.2C12H15F2NO3.C11H13F2NO4.C10H11F2NO5.C9H11F2N3O4.6CH4.ClH/c1-3-13-11(2)18(19,20)16(26-13)23-10-9-14(22-17(23)25)21-15(24)12-7-5-4-6-8-12;2*1-3-9-7(2)12(13,14)11(18-9)15-5-4-8(16)6-10(15)17;1-2-7-9(17)11(12,13)10(18-7)14-4-3-6(15)5-8(14)16;11-10(12)8(17)6(4-14)18-9(10)13-2-1-5(15)3-7(13)16;10-9(11)6(16)4(3-15)18-7(9)14-2-1-5(12)13-8(14)17;;;;;;;/h4-11,13,16H,3H2,1-2H3,(H,21,22,24,25);2*4-5,7,9,11H,3,6H2,1-2H3;3-4,7,9-10,17H,2,5H2,1H3;1-2,6,8-9,14,17H,3-4H2;1-2,4,6-7,15-16H,3H2,(H2,12,13,17);6*1H4;1H/t11-,13-,16-;2*7-,9-,11-;7-,9-,10-;6-,8-,9-;4-,6-,7-;;;;;;;/m111111......./s1. The summed E-state index contributed by atoms with van der Waals surface area (Å²) in [6.45, 7) is 9.53. The Morgan fingerprint density at radius 1 is 0.415 bits per heavy atom. The Bertz CT molecular complexity index is 4080. The predicted molar refractivity (Wildman–Crippen MR) is 419 cm³/mol. The van der Waals surface area contributed by atoms with Crippen molar-refractivity contribution in [2.75, 3.05) is 24.3 Å². The monoisotopic (exact) mass is 1800 g/mol. The van der Waals surface area contributed by atoms with E-state index in [0.717, 1.165) is 75.7 Å². The van der Waals surface area contributed by atoms with Crippen molar-refractivity contribution in [2.24, 2.45) is 17.8 Å². The molecule has 18 atom stereocenters. The largest absolute Gasteiger partial charge is 0.394 e. The lowest BCUT2D eigenvalue weighted by Gasteiger charge is -2.31. The summed E-state index contributed by atoms with van der Waals surface area (Å²) in [6, 6.07) is 10.8. The van der Waals surface area contributed by atoms with E-state index in [1.54, 1.807) is 58.0 Å². The molecule has 0 bridgehead atoms. The van der Waals surface area contributed by atoms with Gasteiger partial charge in [0.1, 0.15) is 29.9 Å². The van der Waals surface area contributed by atoms with E-state index < -0.39 is 224 Å². The van der Waals surface area contributed by atoms with E-state index in [-0.39, 0.29) is 99.4 Å². The van der Waals surface area contributed by atoms with Gasteiger partial charge in [0.05, 0.1) is 81.1 Å². The lowest BCUT2D eigenvalue weighted by molar-refractivity contribution is -0.173. The second-order valence-electron chi connectivity index (χ2n) is 27.8. The summed E-state index contributed by atoms with van der Waals surface area (Å²) < 4.78 is 199. The number of nitrogens with two attached hydrogens (primary N) is 1. The average Bonchev–Trinajstić information content (AvgIpc) is 1.66. The first kappa shape index (κ1) is 112. The molecule has 6 saturated heterocycles. The van der Waals surface area contributed by atoms with Crippen LogP contribution in [0.1, 0.15) is 167 Å². The van der Waals surface area contributed by atoms with Crippen LogP contribution in [0.3, 0.4) is 0 Å². The van der Waals surface area contributed by atoms with Gasteiger partial charge in [0.2, 0.25) is 61.0 Å². The van der Waals surface area contributed by atoms with Crippen molar-refractivity contribution in [3.8, 4) is 0 Å². The smallest absolute Gasteiger partial charge is 0.351 e. The number of nitrogens with zero attached hydrogens (tertiary/aromatic N) is 8. The summed E-state index contributed by atoms with van der Waals surface area (Å²) in [4.78, 5) is 136. The molecule has 10 aliphatic heterocycles. The lowest BCUT2D eigenvalue weighted by atomic mass is 9.97. The number of carbonyl (C=O) groups excluding carboxylic acids is 9. The number of aliphatic hydroxyl groups is 5. The minimum atomic E-state index is -3.71. The minimum absolute atomic E-state index is 0. The number of anilines is 2. The second-order valence-corrected chi connectivity index (χ2v) is 27.8. The van der Waals surface area contributed by atoms with Gasteiger partial charge in [0, 0.05) is 42.8 Å². The number of nitrogens with one attached hydrogen (secondary N) is 1. The number of ketones is 4. The molecule has 13 rings (SSSR count). The number of aliphatic hydroxyl groups excluding tert-OH is 5. The van der Waals surface area contributed by atoms with Crippen LogP contribution in [0.5, 0.6) is 0 Å². The fraction of sp³-hybridized carbons (Fsp3) is 0.603. The summed E-state index contributed by atoms with van der Waals surface area (Å²) >= 11 is 0. The van der Waals surface area contributed by atoms with E-state index in [1.165, 1.54) is 33.0 Å². The highest BCUT2D eigenvalue weighted by Crippen LogP contribution is 2.49. The molecule has 694 valence electrons. The minimum Gasteiger partial charge on any atom is -0.394 e. The third-order valence-corrected chi connectivity index (χ3v) is 20.1. The van der Waals surface area contributed by atoms with Gasteiger partial charge in [-0.3, -0.25) is 71.9 Å². The van der Waals surface area contributed by atoms with E-state index >= 15 is 0 Å². The zero-order valence-electron chi connectivity index (χ0n) is 63.1. The number of halogens is 13. The summed E-state index contributed by atoms with van der Waals surface area (Å²) in [5, 5.41) is 48.1. The normalized spacial score (nSPS) is 30.3. The number of nitrogen functional groups attached to an aromatic ring is 1. The van der Waals surface area contributed by atoms with Crippen LogP contribution in [0.2, 0.25) is 0 Å². The molecule has 12 heterocycles. The molecule has 3 aromatic rings. The number of hydrogen-bond acceptors (Lipinski definition) is 25. The molecule has 6 fully saturated rings. The number of hydrogen-bond donors (Lipinski definition) is 7. The SMILES string of the molecule is C.C.C.C.C.C.CC[C@H]1O[C@@H](N2C=CC(=O)CC2=O)C(F)(F)[C@@H]1C.CC[C@H]1O[C@@H](N2C=CC(=O)CC2=O)C(F)(F)[C@@H]1C.CC[C@H]1O[C@@H](N2C=CC(=O)CC2=O)C(F)(F)[C@@H]1O.CC[C@H]1O[C@@H](n2ccc(NC(=O)c3ccccc3)nc2=O)C(F)(F)[C@@H]1C.Cl.Nc1ccn([C@@H]2O[C@H](CO)[C@@H](O)C2(F)F)c(=O)n1.O=C1C=CN([C@@H]2O[C@H](CO)[C@@H](O)C2(F)F)C(=O)C1. The van der Waals surface area contributed by atoms with E-state index in [2.05, 4.69) is 15.3 Å². The molecular weight excluding hydrogens is 1690 g/mol. The first-order valence-corrected chi connectivity index (χ1v) is 36.1. The van der Waals surface area contributed by atoms with Crippen molar-refractivity contribution < 1.29 is 150 Å². The Kier molecular flexibility index (Phi) is 41.0. The number of ether oxygens (including phenoxy) is 6. The van der Waals surface area contributed by atoms with Gasteiger partial charge in [0.25, 0.3) is 23.7 Å². The molecule has 0 saturated carbocycles. The molecule has 45 heteroatoms. The van der Waals surface area contributed by atoms with E-state index in [1.807, 2.05) is 0 Å². The highest BCUT2D eigenvalue weighted by Gasteiger charge is 2.65. The fourth-order valence-corrected chi connectivity index (χ4v) is 13.2. The molecule has 32 nitrogen and oxygen atoms in total. The van der Waals surface area contributed by atoms with Crippen LogP contribution < -0.4 is 22.4 Å². The van der Waals surface area contributed by atoms with Gasteiger partial charge in [0.15, 0.2) is 35.3 Å². The van der Waals surface area contributed by atoms with Crippen LogP contribution in [0, 0.1) is 17.8 Å². The zero-order chi connectivity index (χ0) is 86.4. The van der Waals surface area contributed by atoms with E-state index in [4.69, 9.17) is 44.4 Å². The molecule has 8 N–H and O–H groups in total. The van der Waals surface area contributed by atoms with Crippen molar-refractivity contribution in [1.82, 2.24) is 38.7 Å². The van der Waals surface area contributed by atoms with Crippen LogP contribution in [0.4, 0.5) is 64.3 Å². The maximum absolute atomic E-state index is 14.5. The number of carbonyl (C=O) groups is 9. The first-order valence-electron chi connectivity index (χ1n) is 36.1. The number of benzene rings is 1. The molecule has 2 aromatic heterocycles. The summed E-state index contributed by atoms with van der Waals surface area (Å²) in [6.07, 6.45) is -12.6. The van der Waals surface area contributed by atoms with Crippen LogP contribution >= 0.6 is 12.4 Å². The Morgan fingerprint density at radius 2 is 0.683 bits per heavy atom.